The fourth-order valence-electron chi connectivity index (χ4n) is 1.85. The third-order valence-corrected chi connectivity index (χ3v) is 2.88. The number of nitrogens with zero attached hydrogens (tertiary/aromatic N) is 1. The highest BCUT2D eigenvalue weighted by molar-refractivity contribution is 5.16. The van der Waals surface area contributed by atoms with Crippen LogP contribution in [0.15, 0.2) is 41.7 Å². The van der Waals surface area contributed by atoms with Gasteiger partial charge < -0.3 is 0 Å². The van der Waals surface area contributed by atoms with Crippen molar-refractivity contribution in [2.24, 2.45) is 0 Å². The molecule has 1 heterocycles. The van der Waals surface area contributed by atoms with E-state index in [2.05, 4.69) is 17.0 Å². The molecule has 0 radical (unpaired) electrons. The van der Waals surface area contributed by atoms with Crippen LogP contribution in [0.3, 0.4) is 0 Å². The molecule has 0 amide bonds. The molecule has 1 aromatic carbocycles. The molecule has 0 spiro atoms. The van der Waals surface area contributed by atoms with Crippen LogP contribution in [-0.2, 0) is 6.54 Å². The summed E-state index contributed by atoms with van der Waals surface area (Å²) in [5, 5.41) is 0. The third kappa shape index (κ3) is 2.66. The predicted octanol–water partition coefficient (Wildman–Crippen LogP) is 3.14. The smallest absolute Gasteiger partial charge is 0.113 e. The van der Waals surface area contributed by atoms with Crippen molar-refractivity contribution < 1.29 is 4.39 Å². The molecule has 0 unspecified atom stereocenters. The minimum Gasteiger partial charge on any atom is -0.292 e. The first-order chi connectivity index (χ1) is 7.25. The van der Waals surface area contributed by atoms with Crippen LogP contribution in [0.4, 0.5) is 4.39 Å². The first-order valence-electron chi connectivity index (χ1n) is 5.36. The predicted molar refractivity (Wildman–Crippen MR) is 60.1 cm³/mol. The van der Waals surface area contributed by atoms with Crippen LogP contribution in [0, 0.1) is 0 Å². The van der Waals surface area contributed by atoms with E-state index in [1.807, 2.05) is 25.1 Å². The molecule has 2 heteroatoms. The zero-order valence-corrected chi connectivity index (χ0v) is 9.04. The Morgan fingerprint density at radius 2 is 2.00 bits per heavy atom. The molecule has 0 saturated heterocycles. The Labute approximate surface area is 90.2 Å². The molecule has 1 aliphatic rings. The highest BCUT2D eigenvalue weighted by atomic mass is 19.1. The number of halogens is 1. The highest BCUT2D eigenvalue weighted by Crippen LogP contribution is 2.19. The Morgan fingerprint density at radius 3 is 2.67 bits per heavy atom. The molecule has 0 saturated carbocycles. The van der Waals surface area contributed by atoms with E-state index in [1.165, 1.54) is 5.56 Å². The van der Waals surface area contributed by atoms with Gasteiger partial charge in [0.25, 0.3) is 0 Å². The summed E-state index contributed by atoms with van der Waals surface area (Å²) in [7, 11) is 0. The van der Waals surface area contributed by atoms with Crippen molar-refractivity contribution in [3.05, 3.63) is 47.3 Å². The van der Waals surface area contributed by atoms with Crippen LogP contribution in [0.5, 0.6) is 0 Å². The monoisotopic (exact) mass is 205 g/mol. The Kier molecular flexibility index (Phi) is 3.17. The quantitative estimate of drug-likeness (QED) is 0.717. The number of benzene rings is 1. The van der Waals surface area contributed by atoms with Gasteiger partial charge in [-0.15, -0.1) is 0 Å². The maximum atomic E-state index is 13.4. The zero-order valence-electron chi connectivity index (χ0n) is 9.04. The summed E-state index contributed by atoms with van der Waals surface area (Å²) in [4.78, 5) is 2.15. The molecular weight excluding hydrogens is 189 g/mol. The molecule has 0 N–H and O–H groups in total. The Hall–Kier alpha value is -1.15. The van der Waals surface area contributed by atoms with E-state index in [-0.39, 0.29) is 5.83 Å². The third-order valence-electron chi connectivity index (χ3n) is 2.88. The van der Waals surface area contributed by atoms with Crippen molar-refractivity contribution in [2.75, 3.05) is 13.1 Å². The van der Waals surface area contributed by atoms with Crippen LogP contribution in [0.2, 0.25) is 0 Å². The molecule has 0 aromatic heterocycles. The summed E-state index contributed by atoms with van der Waals surface area (Å²) in [5.41, 5.74) is 2.17. The summed E-state index contributed by atoms with van der Waals surface area (Å²) >= 11 is 0. The molecule has 1 aromatic rings. The van der Waals surface area contributed by atoms with E-state index in [4.69, 9.17) is 0 Å². The number of rotatable bonds is 2. The molecule has 2 rings (SSSR count). The van der Waals surface area contributed by atoms with E-state index in [1.54, 1.807) is 0 Å². The fourth-order valence-corrected chi connectivity index (χ4v) is 1.85. The van der Waals surface area contributed by atoms with Gasteiger partial charge in [0.2, 0.25) is 0 Å². The summed E-state index contributed by atoms with van der Waals surface area (Å²) in [5.74, 6) is 0.0529. The largest absolute Gasteiger partial charge is 0.292 e. The average molecular weight is 205 g/mol. The van der Waals surface area contributed by atoms with Gasteiger partial charge in [-0.3, -0.25) is 4.90 Å². The molecule has 15 heavy (non-hydrogen) atoms. The van der Waals surface area contributed by atoms with Crippen LogP contribution in [0.1, 0.15) is 18.9 Å². The highest BCUT2D eigenvalue weighted by Gasteiger charge is 2.16. The van der Waals surface area contributed by atoms with Gasteiger partial charge in [-0.25, -0.2) is 4.39 Å². The lowest BCUT2D eigenvalue weighted by atomic mass is 10.1. The number of hydrogen-bond donors (Lipinski definition) is 0. The van der Waals surface area contributed by atoms with Crippen LogP contribution in [-0.4, -0.2) is 18.0 Å². The zero-order chi connectivity index (χ0) is 10.7. The summed E-state index contributed by atoms with van der Waals surface area (Å²) in [6, 6.07) is 10.2. The lowest BCUT2D eigenvalue weighted by Crippen LogP contribution is -2.29. The molecule has 0 aliphatic carbocycles. The molecule has 1 nitrogen and oxygen atoms in total. The Bertz CT molecular complexity index is 356. The number of hydrogen-bond acceptors (Lipinski definition) is 1. The van der Waals surface area contributed by atoms with Gasteiger partial charge >= 0.3 is 0 Å². The summed E-state index contributed by atoms with van der Waals surface area (Å²) < 4.78 is 13.4. The van der Waals surface area contributed by atoms with Crippen LogP contribution >= 0.6 is 0 Å². The minimum atomic E-state index is 0.0529. The topological polar surface area (TPSA) is 3.24 Å². The van der Waals surface area contributed by atoms with Crippen molar-refractivity contribution in [2.45, 2.75) is 19.9 Å². The molecule has 80 valence electrons. The Morgan fingerprint density at radius 1 is 1.27 bits per heavy atom. The van der Waals surface area contributed by atoms with Gasteiger partial charge in [0.05, 0.1) is 6.54 Å². The van der Waals surface area contributed by atoms with Crippen molar-refractivity contribution in [3.63, 3.8) is 0 Å². The van der Waals surface area contributed by atoms with Crippen molar-refractivity contribution in [1.29, 1.82) is 0 Å². The standard InChI is InChI=1S/C13H16FN/c1-11-7-8-15(10-13(11)14)9-12-5-3-2-4-6-12/h2-6H,7-10H2,1H3. The van der Waals surface area contributed by atoms with E-state index in [0.717, 1.165) is 25.1 Å². The SMILES string of the molecule is CC1=C(F)CN(Cc2ccccc2)CC1. The lowest BCUT2D eigenvalue weighted by molar-refractivity contribution is 0.253. The van der Waals surface area contributed by atoms with Crippen LogP contribution in [0.25, 0.3) is 0 Å². The van der Waals surface area contributed by atoms with E-state index in [0.29, 0.717) is 6.54 Å². The average Bonchev–Trinajstić information content (AvgIpc) is 2.25. The first-order valence-corrected chi connectivity index (χ1v) is 5.36. The van der Waals surface area contributed by atoms with E-state index in [9.17, 15) is 4.39 Å². The van der Waals surface area contributed by atoms with Gasteiger partial charge in [-0.1, -0.05) is 30.3 Å². The normalized spacial score (nSPS) is 18.3. The van der Waals surface area contributed by atoms with E-state index < -0.39 is 0 Å². The van der Waals surface area contributed by atoms with Gasteiger partial charge in [-0.2, -0.15) is 0 Å². The maximum Gasteiger partial charge on any atom is 0.113 e. The van der Waals surface area contributed by atoms with E-state index >= 15 is 0 Å². The van der Waals surface area contributed by atoms with Crippen molar-refractivity contribution >= 4 is 0 Å². The molecular formula is C13H16FN. The molecule has 0 bridgehead atoms. The second kappa shape index (κ2) is 4.58. The first kappa shape index (κ1) is 10.4. The lowest BCUT2D eigenvalue weighted by Gasteiger charge is -2.26. The van der Waals surface area contributed by atoms with Gasteiger partial charge in [0.15, 0.2) is 0 Å². The Balaban J connectivity index is 1.98. The molecule has 0 atom stereocenters. The van der Waals surface area contributed by atoms with Crippen LogP contribution < -0.4 is 0 Å². The van der Waals surface area contributed by atoms with Gasteiger partial charge in [0, 0.05) is 13.1 Å². The second-order valence-electron chi connectivity index (χ2n) is 4.13. The van der Waals surface area contributed by atoms with Gasteiger partial charge in [0.1, 0.15) is 5.83 Å². The minimum absolute atomic E-state index is 0.0529. The van der Waals surface area contributed by atoms with Crippen molar-refractivity contribution in [3.8, 4) is 0 Å². The fraction of sp³-hybridized carbons (Fsp3) is 0.385. The second-order valence-corrected chi connectivity index (χ2v) is 4.13. The summed E-state index contributed by atoms with van der Waals surface area (Å²) in [6.45, 7) is 4.17. The molecule has 1 aliphatic heterocycles. The maximum absolute atomic E-state index is 13.4. The van der Waals surface area contributed by atoms with Crippen molar-refractivity contribution in [1.82, 2.24) is 4.90 Å². The van der Waals surface area contributed by atoms with Gasteiger partial charge in [-0.05, 0) is 24.5 Å². The summed E-state index contributed by atoms with van der Waals surface area (Å²) in [6.07, 6.45) is 0.860. The molecule has 0 fully saturated rings.